The Hall–Kier alpha value is -3.19. The molecule has 6 nitrogen and oxygen atoms in total. The van der Waals surface area contributed by atoms with Gasteiger partial charge in [0.2, 0.25) is 5.78 Å². The molecule has 0 saturated heterocycles. The Morgan fingerprint density at radius 3 is 2.39 bits per heavy atom. The molecule has 3 rings (SSSR count). The number of nitrogens with zero attached hydrogens (tertiary/aromatic N) is 1. The van der Waals surface area contributed by atoms with E-state index in [1.165, 1.54) is 12.1 Å². The summed E-state index contributed by atoms with van der Waals surface area (Å²) in [7, 11) is 0. The van der Waals surface area contributed by atoms with E-state index in [1.54, 1.807) is 39.0 Å². The number of esters is 1. The number of halogens is 1. The van der Waals surface area contributed by atoms with Crippen LogP contribution in [0.3, 0.4) is 0 Å². The molecule has 0 spiro atoms. The second kappa shape index (κ2) is 8.89. The highest BCUT2D eigenvalue weighted by atomic mass is 19.1. The van der Waals surface area contributed by atoms with E-state index >= 15 is 0 Å². The molecular formula is C24H27FN2O4. The Labute approximate surface area is 180 Å². The molecule has 164 valence electrons. The van der Waals surface area contributed by atoms with Crippen molar-refractivity contribution in [3.05, 3.63) is 81.2 Å². The van der Waals surface area contributed by atoms with Crippen molar-refractivity contribution in [2.24, 2.45) is 0 Å². The number of ketones is 1. The van der Waals surface area contributed by atoms with E-state index in [-0.39, 0.29) is 23.9 Å². The number of nitrogens with one attached hydrogen (secondary N) is 1. The molecule has 0 fully saturated rings. The highest BCUT2D eigenvalue weighted by molar-refractivity contribution is 6.00. The Balaban J connectivity index is 1.72. The molecule has 3 aromatic rings. The highest BCUT2D eigenvalue weighted by Crippen LogP contribution is 2.25. The van der Waals surface area contributed by atoms with Crippen LogP contribution >= 0.6 is 0 Å². The lowest BCUT2D eigenvalue weighted by Gasteiger charge is -2.10. The molecule has 0 aliphatic carbocycles. The summed E-state index contributed by atoms with van der Waals surface area (Å²) in [5.74, 6) is -1.24. The third-order valence-corrected chi connectivity index (χ3v) is 5.58. The SMILES string of the molecule is Cc1[nH]c(C(=O)OCC(=O)c2cc(C)n(Cc3ccc(F)cc3)c2C)c(C)c1[C@H](C)O. The predicted octanol–water partition coefficient (Wildman–Crippen LogP) is 4.33. The first-order valence-electron chi connectivity index (χ1n) is 10.1. The first-order chi connectivity index (χ1) is 14.6. The summed E-state index contributed by atoms with van der Waals surface area (Å²) < 4.78 is 20.4. The first-order valence-corrected chi connectivity index (χ1v) is 10.1. The van der Waals surface area contributed by atoms with E-state index < -0.39 is 12.1 Å². The van der Waals surface area contributed by atoms with Gasteiger partial charge in [0.05, 0.1) is 6.10 Å². The number of carbonyl (C=O) groups is 2. The quantitative estimate of drug-likeness (QED) is 0.435. The highest BCUT2D eigenvalue weighted by Gasteiger charge is 2.23. The van der Waals surface area contributed by atoms with Crippen LogP contribution in [-0.2, 0) is 11.3 Å². The van der Waals surface area contributed by atoms with Crippen molar-refractivity contribution in [1.29, 1.82) is 0 Å². The number of Topliss-reactive ketones (excluding diaryl/α,β-unsaturated/α-hetero) is 1. The van der Waals surface area contributed by atoms with Crippen LogP contribution in [-0.4, -0.2) is 33.0 Å². The molecular weight excluding hydrogens is 399 g/mol. The van der Waals surface area contributed by atoms with Gasteiger partial charge in [-0.25, -0.2) is 9.18 Å². The van der Waals surface area contributed by atoms with Crippen LogP contribution in [0.5, 0.6) is 0 Å². The van der Waals surface area contributed by atoms with Crippen molar-refractivity contribution in [3.63, 3.8) is 0 Å². The molecule has 2 heterocycles. The maximum Gasteiger partial charge on any atom is 0.355 e. The molecule has 7 heteroatoms. The van der Waals surface area contributed by atoms with Gasteiger partial charge in [-0.1, -0.05) is 12.1 Å². The molecule has 0 bridgehead atoms. The van der Waals surface area contributed by atoms with Gasteiger partial charge < -0.3 is 19.4 Å². The minimum absolute atomic E-state index is 0.239. The molecule has 0 amide bonds. The minimum atomic E-state index is -0.717. The molecule has 2 N–H and O–H groups in total. The number of rotatable bonds is 7. The number of aryl methyl sites for hydroxylation is 2. The molecule has 2 aromatic heterocycles. The number of H-pyrrole nitrogens is 1. The van der Waals surface area contributed by atoms with Gasteiger partial charge >= 0.3 is 5.97 Å². The lowest BCUT2D eigenvalue weighted by atomic mass is 10.1. The van der Waals surface area contributed by atoms with E-state index in [1.807, 2.05) is 18.4 Å². The Kier molecular flexibility index (Phi) is 6.45. The van der Waals surface area contributed by atoms with Crippen LogP contribution in [0.1, 0.15) is 67.6 Å². The van der Waals surface area contributed by atoms with Gasteiger partial charge in [0.15, 0.2) is 6.61 Å². The maximum atomic E-state index is 13.1. The topological polar surface area (TPSA) is 84.3 Å². The van der Waals surface area contributed by atoms with Gasteiger partial charge in [0.1, 0.15) is 11.5 Å². The predicted molar refractivity (Wildman–Crippen MR) is 115 cm³/mol. The summed E-state index contributed by atoms with van der Waals surface area (Å²) in [5, 5.41) is 9.88. The van der Waals surface area contributed by atoms with Crippen molar-refractivity contribution < 1.29 is 23.8 Å². The van der Waals surface area contributed by atoms with Gasteiger partial charge in [0, 0.05) is 34.8 Å². The smallest absolute Gasteiger partial charge is 0.355 e. The summed E-state index contributed by atoms with van der Waals surface area (Å²) in [6, 6.07) is 7.99. The van der Waals surface area contributed by atoms with Gasteiger partial charge in [-0.3, -0.25) is 4.79 Å². The van der Waals surface area contributed by atoms with Crippen molar-refractivity contribution in [3.8, 4) is 0 Å². The zero-order valence-corrected chi connectivity index (χ0v) is 18.4. The summed E-state index contributed by atoms with van der Waals surface area (Å²) in [6.45, 7) is 8.97. The number of aliphatic hydroxyl groups is 1. The third-order valence-electron chi connectivity index (χ3n) is 5.58. The van der Waals surface area contributed by atoms with Crippen molar-refractivity contribution >= 4 is 11.8 Å². The zero-order valence-electron chi connectivity index (χ0n) is 18.4. The number of aliphatic hydroxyl groups excluding tert-OH is 1. The number of hydrogen-bond donors (Lipinski definition) is 2. The lowest BCUT2D eigenvalue weighted by Crippen LogP contribution is -2.16. The van der Waals surface area contributed by atoms with E-state index in [0.29, 0.717) is 28.9 Å². The number of ether oxygens (including phenoxy) is 1. The van der Waals surface area contributed by atoms with Crippen LogP contribution in [0.25, 0.3) is 0 Å². The van der Waals surface area contributed by atoms with Crippen LogP contribution < -0.4 is 0 Å². The summed E-state index contributed by atoms with van der Waals surface area (Å²) >= 11 is 0. The summed E-state index contributed by atoms with van der Waals surface area (Å²) in [6.07, 6.45) is -0.717. The molecule has 1 atom stereocenters. The lowest BCUT2D eigenvalue weighted by molar-refractivity contribution is 0.0468. The Bertz CT molecular complexity index is 1120. The normalized spacial score (nSPS) is 12.1. The van der Waals surface area contributed by atoms with E-state index in [0.717, 1.165) is 17.0 Å². The largest absolute Gasteiger partial charge is 0.453 e. The second-order valence-electron chi connectivity index (χ2n) is 7.84. The number of carbonyl (C=O) groups excluding carboxylic acids is 2. The van der Waals surface area contributed by atoms with Crippen molar-refractivity contribution in [2.45, 2.75) is 47.3 Å². The molecule has 0 unspecified atom stereocenters. The summed E-state index contributed by atoms with van der Waals surface area (Å²) in [4.78, 5) is 28.2. The van der Waals surface area contributed by atoms with Crippen molar-refractivity contribution in [2.75, 3.05) is 6.61 Å². The fraction of sp³-hybridized carbons (Fsp3) is 0.333. The molecule has 0 aliphatic rings. The molecule has 0 aliphatic heterocycles. The number of benzene rings is 1. The average molecular weight is 426 g/mol. The number of aromatic amines is 1. The van der Waals surface area contributed by atoms with E-state index in [2.05, 4.69) is 4.98 Å². The van der Waals surface area contributed by atoms with Gasteiger partial charge in [-0.05, 0) is 63.9 Å². The van der Waals surface area contributed by atoms with Gasteiger partial charge in [0.25, 0.3) is 0 Å². The second-order valence-corrected chi connectivity index (χ2v) is 7.84. The fourth-order valence-corrected chi connectivity index (χ4v) is 3.98. The first kappa shape index (κ1) is 22.5. The molecule has 0 saturated carbocycles. The Morgan fingerprint density at radius 2 is 1.81 bits per heavy atom. The average Bonchev–Trinajstić information content (AvgIpc) is 3.17. The van der Waals surface area contributed by atoms with Crippen LogP contribution in [0.2, 0.25) is 0 Å². The monoisotopic (exact) mass is 426 g/mol. The molecule has 0 radical (unpaired) electrons. The van der Waals surface area contributed by atoms with Crippen molar-refractivity contribution in [1.82, 2.24) is 9.55 Å². The van der Waals surface area contributed by atoms with E-state index in [4.69, 9.17) is 4.74 Å². The maximum absolute atomic E-state index is 13.1. The molecule has 1 aromatic carbocycles. The van der Waals surface area contributed by atoms with Crippen LogP contribution in [0.15, 0.2) is 30.3 Å². The number of hydrogen-bond acceptors (Lipinski definition) is 4. The fourth-order valence-electron chi connectivity index (χ4n) is 3.98. The number of aromatic nitrogens is 2. The summed E-state index contributed by atoms with van der Waals surface area (Å²) in [5.41, 5.74) is 5.24. The third kappa shape index (κ3) is 4.61. The zero-order chi connectivity index (χ0) is 22.9. The Morgan fingerprint density at radius 1 is 1.16 bits per heavy atom. The van der Waals surface area contributed by atoms with Crippen LogP contribution in [0.4, 0.5) is 4.39 Å². The molecule has 31 heavy (non-hydrogen) atoms. The van der Waals surface area contributed by atoms with Gasteiger partial charge in [-0.15, -0.1) is 0 Å². The van der Waals surface area contributed by atoms with E-state index in [9.17, 15) is 19.1 Å². The minimum Gasteiger partial charge on any atom is -0.453 e. The standard InChI is InChI=1S/C24H27FN2O4/c1-13-10-20(16(4)27(13)11-18-6-8-19(25)9-7-18)21(29)12-31-24(30)23-14(2)22(17(5)28)15(3)26-23/h6-10,17,26,28H,11-12H2,1-5H3/t17-/m0/s1. The van der Waals surface area contributed by atoms with Crippen LogP contribution in [0, 0.1) is 33.5 Å². The van der Waals surface area contributed by atoms with Gasteiger partial charge in [-0.2, -0.15) is 0 Å².